The van der Waals surface area contributed by atoms with E-state index in [2.05, 4.69) is 15.8 Å². The highest BCUT2D eigenvalue weighted by molar-refractivity contribution is 6.00. The Morgan fingerprint density at radius 3 is 3.11 bits per heavy atom. The third-order valence-corrected chi connectivity index (χ3v) is 3.03. The molecule has 0 radical (unpaired) electrons. The Morgan fingerprint density at radius 2 is 2.37 bits per heavy atom. The van der Waals surface area contributed by atoms with Crippen molar-refractivity contribution < 1.29 is 9.59 Å². The molecular weight excluding hydrogens is 242 g/mol. The van der Waals surface area contributed by atoms with Crippen molar-refractivity contribution in [1.29, 1.82) is 0 Å². The summed E-state index contributed by atoms with van der Waals surface area (Å²) >= 11 is 0. The van der Waals surface area contributed by atoms with Crippen LogP contribution in [0, 0.1) is 12.8 Å². The molecule has 1 heterocycles. The number of nitrogens with zero attached hydrogens (tertiary/aromatic N) is 1. The van der Waals surface area contributed by atoms with Crippen molar-refractivity contribution in [2.24, 2.45) is 11.0 Å². The Hall–Kier alpha value is -2.17. The van der Waals surface area contributed by atoms with Crippen molar-refractivity contribution in [3.8, 4) is 0 Å². The number of hydrazone groups is 1. The molecule has 2 amide bonds. The van der Waals surface area contributed by atoms with Crippen LogP contribution in [0.2, 0.25) is 0 Å². The van der Waals surface area contributed by atoms with Gasteiger partial charge in [-0.15, -0.1) is 0 Å². The van der Waals surface area contributed by atoms with Crippen LogP contribution in [0.4, 0.5) is 0 Å². The molecule has 0 aliphatic carbocycles. The van der Waals surface area contributed by atoms with Crippen molar-refractivity contribution in [2.45, 2.75) is 19.8 Å². The predicted molar refractivity (Wildman–Crippen MR) is 72.6 cm³/mol. The molecule has 0 saturated carbocycles. The lowest BCUT2D eigenvalue weighted by Crippen LogP contribution is -2.43. The number of nitrogens with one attached hydrogen (secondary N) is 2. The first-order valence-electron chi connectivity index (χ1n) is 6.34. The Kier molecular flexibility index (Phi) is 4.28. The molecule has 100 valence electrons. The lowest BCUT2D eigenvalue weighted by Gasteiger charge is -2.19. The number of rotatable bonds is 3. The number of carbonyl (C=O) groups excluding carboxylic acids is 2. The molecule has 5 heteroatoms. The number of piperidine rings is 1. The van der Waals surface area contributed by atoms with E-state index in [1.165, 1.54) is 0 Å². The topological polar surface area (TPSA) is 70.6 Å². The van der Waals surface area contributed by atoms with Crippen LogP contribution in [0.3, 0.4) is 0 Å². The summed E-state index contributed by atoms with van der Waals surface area (Å²) in [6.45, 7) is 2.64. The van der Waals surface area contributed by atoms with Crippen molar-refractivity contribution in [3.63, 3.8) is 0 Å². The Labute approximate surface area is 112 Å². The molecule has 1 saturated heterocycles. The van der Waals surface area contributed by atoms with E-state index >= 15 is 0 Å². The first-order chi connectivity index (χ1) is 9.16. The van der Waals surface area contributed by atoms with Crippen LogP contribution in [0.25, 0.3) is 0 Å². The SMILES string of the molecule is Cc1cccc(/C=N\NC(=O)[C@H]2CCCNC2=O)c1. The molecule has 1 fully saturated rings. The van der Waals surface area contributed by atoms with Crippen LogP contribution in [-0.2, 0) is 9.59 Å². The van der Waals surface area contributed by atoms with E-state index < -0.39 is 5.92 Å². The Morgan fingerprint density at radius 1 is 1.53 bits per heavy atom. The van der Waals surface area contributed by atoms with Gasteiger partial charge in [0.1, 0.15) is 5.92 Å². The summed E-state index contributed by atoms with van der Waals surface area (Å²) in [7, 11) is 0. The van der Waals surface area contributed by atoms with Crippen LogP contribution in [0.1, 0.15) is 24.0 Å². The number of hydrogen-bond acceptors (Lipinski definition) is 3. The van der Waals surface area contributed by atoms with Gasteiger partial charge >= 0.3 is 0 Å². The van der Waals surface area contributed by atoms with Gasteiger partial charge in [-0.2, -0.15) is 5.10 Å². The minimum absolute atomic E-state index is 0.213. The van der Waals surface area contributed by atoms with Gasteiger partial charge in [0, 0.05) is 6.54 Å². The molecule has 0 aromatic heterocycles. The van der Waals surface area contributed by atoms with Crippen LogP contribution in [0.5, 0.6) is 0 Å². The Balaban J connectivity index is 1.91. The summed E-state index contributed by atoms with van der Waals surface area (Å²) in [6.07, 6.45) is 2.98. The van der Waals surface area contributed by atoms with E-state index in [0.717, 1.165) is 17.5 Å². The zero-order valence-corrected chi connectivity index (χ0v) is 10.8. The fraction of sp³-hybridized carbons (Fsp3) is 0.357. The monoisotopic (exact) mass is 259 g/mol. The number of hydrogen-bond donors (Lipinski definition) is 2. The molecule has 0 bridgehead atoms. The molecule has 1 aliphatic rings. The fourth-order valence-electron chi connectivity index (χ4n) is 2.02. The maximum Gasteiger partial charge on any atom is 0.252 e. The average molecular weight is 259 g/mol. The largest absolute Gasteiger partial charge is 0.355 e. The molecule has 1 aromatic rings. The quantitative estimate of drug-likeness (QED) is 0.482. The van der Waals surface area contributed by atoms with Gasteiger partial charge in [0.15, 0.2) is 0 Å². The van der Waals surface area contributed by atoms with Crippen molar-refractivity contribution in [2.75, 3.05) is 6.54 Å². The van der Waals surface area contributed by atoms with Crippen molar-refractivity contribution >= 4 is 18.0 Å². The number of amides is 2. The van der Waals surface area contributed by atoms with Gasteiger partial charge in [-0.3, -0.25) is 9.59 Å². The molecule has 19 heavy (non-hydrogen) atoms. The van der Waals surface area contributed by atoms with Crippen molar-refractivity contribution in [1.82, 2.24) is 10.7 Å². The normalized spacial score (nSPS) is 19.2. The molecule has 0 unspecified atom stereocenters. The Bertz CT molecular complexity index is 511. The summed E-state index contributed by atoms with van der Waals surface area (Å²) in [5.41, 5.74) is 4.46. The fourth-order valence-corrected chi connectivity index (χ4v) is 2.02. The van der Waals surface area contributed by atoms with Crippen LogP contribution < -0.4 is 10.7 Å². The lowest BCUT2D eigenvalue weighted by molar-refractivity contribution is -0.136. The molecular formula is C14H17N3O2. The molecule has 2 rings (SSSR count). The minimum Gasteiger partial charge on any atom is -0.355 e. The van der Waals surface area contributed by atoms with Gasteiger partial charge in [0.25, 0.3) is 5.91 Å². The van der Waals surface area contributed by atoms with Gasteiger partial charge in [0.05, 0.1) is 6.21 Å². The summed E-state index contributed by atoms with van der Waals surface area (Å²) in [5, 5.41) is 6.56. The third-order valence-electron chi connectivity index (χ3n) is 3.03. The maximum atomic E-state index is 11.8. The molecule has 0 spiro atoms. The molecule has 5 nitrogen and oxygen atoms in total. The van der Waals surface area contributed by atoms with Crippen LogP contribution in [0.15, 0.2) is 29.4 Å². The van der Waals surface area contributed by atoms with Gasteiger partial charge in [-0.05, 0) is 25.3 Å². The smallest absolute Gasteiger partial charge is 0.252 e. The summed E-state index contributed by atoms with van der Waals surface area (Å²) in [4.78, 5) is 23.3. The van der Waals surface area contributed by atoms with Crippen LogP contribution in [-0.4, -0.2) is 24.6 Å². The standard InChI is InChI=1S/C14H17N3O2/c1-10-4-2-5-11(8-10)9-16-17-14(19)12-6-3-7-15-13(12)18/h2,4-5,8-9,12H,3,6-7H2,1H3,(H,15,18)(H,17,19)/b16-9-/t12-/m0/s1. The highest BCUT2D eigenvalue weighted by atomic mass is 16.2. The number of aryl methyl sites for hydroxylation is 1. The maximum absolute atomic E-state index is 11.8. The van der Waals surface area contributed by atoms with E-state index in [4.69, 9.17) is 0 Å². The second kappa shape index (κ2) is 6.13. The minimum atomic E-state index is -0.622. The lowest BCUT2D eigenvalue weighted by atomic mass is 9.98. The highest BCUT2D eigenvalue weighted by Gasteiger charge is 2.28. The zero-order valence-electron chi connectivity index (χ0n) is 10.8. The third kappa shape index (κ3) is 3.64. The number of carbonyl (C=O) groups is 2. The van der Waals surface area contributed by atoms with Gasteiger partial charge in [-0.25, -0.2) is 5.43 Å². The number of benzene rings is 1. The second-order valence-corrected chi connectivity index (χ2v) is 4.63. The van der Waals surface area contributed by atoms with E-state index in [0.29, 0.717) is 13.0 Å². The van der Waals surface area contributed by atoms with Gasteiger partial charge in [0.2, 0.25) is 5.91 Å². The van der Waals surface area contributed by atoms with E-state index in [1.807, 2.05) is 31.2 Å². The molecule has 2 N–H and O–H groups in total. The van der Waals surface area contributed by atoms with E-state index in [1.54, 1.807) is 6.21 Å². The molecule has 1 aromatic carbocycles. The summed E-state index contributed by atoms with van der Waals surface area (Å²) in [6, 6.07) is 7.77. The molecule has 1 atom stereocenters. The summed E-state index contributed by atoms with van der Waals surface area (Å²) < 4.78 is 0. The van der Waals surface area contributed by atoms with Gasteiger partial charge < -0.3 is 5.32 Å². The first-order valence-corrected chi connectivity index (χ1v) is 6.34. The second-order valence-electron chi connectivity index (χ2n) is 4.63. The zero-order chi connectivity index (χ0) is 13.7. The predicted octanol–water partition coefficient (Wildman–Crippen LogP) is 0.971. The van der Waals surface area contributed by atoms with Crippen molar-refractivity contribution in [3.05, 3.63) is 35.4 Å². The van der Waals surface area contributed by atoms with E-state index in [-0.39, 0.29) is 11.8 Å². The van der Waals surface area contributed by atoms with Crippen LogP contribution >= 0.6 is 0 Å². The highest BCUT2D eigenvalue weighted by Crippen LogP contribution is 2.11. The average Bonchev–Trinajstić information content (AvgIpc) is 2.39. The first kappa shape index (κ1) is 13.3. The summed E-state index contributed by atoms with van der Waals surface area (Å²) in [5.74, 6) is -1.18. The van der Waals surface area contributed by atoms with E-state index in [9.17, 15) is 9.59 Å². The van der Waals surface area contributed by atoms with Gasteiger partial charge in [-0.1, -0.05) is 29.8 Å². The molecule has 1 aliphatic heterocycles.